The van der Waals surface area contributed by atoms with Crippen molar-refractivity contribution in [3.63, 3.8) is 0 Å². The Balaban J connectivity index is 3.06. The highest BCUT2D eigenvalue weighted by Gasteiger charge is 1.98. The lowest BCUT2D eigenvalue weighted by molar-refractivity contribution is -0.126. The molecular weight excluding hydrogens is 270 g/mol. The van der Waals surface area contributed by atoms with Crippen LogP contribution in [0.3, 0.4) is 0 Å². The van der Waals surface area contributed by atoms with E-state index in [0.29, 0.717) is 52.7 Å². The number of hydrogen-bond donors (Lipinski definition) is 3. The molecule has 0 saturated carbocycles. The van der Waals surface area contributed by atoms with Gasteiger partial charge in [0.25, 0.3) is 0 Å². The van der Waals surface area contributed by atoms with Crippen LogP contribution < -0.4 is 16.1 Å². The van der Waals surface area contributed by atoms with Gasteiger partial charge in [0.1, 0.15) is 23.8 Å². The Hall–Kier alpha value is -1.42. The summed E-state index contributed by atoms with van der Waals surface area (Å²) in [6.45, 7) is 3.26. The van der Waals surface area contributed by atoms with Crippen LogP contribution in [0.4, 0.5) is 0 Å². The third-order valence-corrected chi connectivity index (χ3v) is 1.93. The van der Waals surface area contributed by atoms with Gasteiger partial charge in [0.15, 0.2) is 0 Å². The van der Waals surface area contributed by atoms with Crippen LogP contribution in [0.5, 0.6) is 0 Å². The van der Waals surface area contributed by atoms with E-state index in [2.05, 4.69) is 20.2 Å². The van der Waals surface area contributed by atoms with Crippen molar-refractivity contribution in [3.8, 4) is 0 Å². The lowest BCUT2D eigenvalue weighted by Gasteiger charge is -2.07. The Kier molecular flexibility index (Phi) is 14.5. The summed E-state index contributed by atoms with van der Waals surface area (Å²) in [5, 5.41) is 5.99. The Morgan fingerprint density at radius 3 is 2.30 bits per heavy atom. The zero-order chi connectivity index (χ0) is 14.9. The van der Waals surface area contributed by atoms with Gasteiger partial charge >= 0.3 is 0 Å². The lowest BCUT2D eigenvalue weighted by atomic mass is 10.6. The molecule has 1 amide bonds. The first-order chi connectivity index (χ1) is 9.81. The summed E-state index contributed by atoms with van der Waals surface area (Å²) in [7, 11) is 0. The zero-order valence-electron chi connectivity index (χ0n) is 11.4. The Morgan fingerprint density at radius 2 is 1.70 bits per heavy atom. The first kappa shape index (κ1) is 18.6. The maximum atomic E-state index is 10.9. The molecule has 0 spiro atoms. The van der Waals surface area contributed by atoms with Gasteiger partial charge in [-0.1, -0.05) is 0 Å². The van der Waals surface area contributed by atoms with Gasteiger partial charge in [0.05, 0.1) is 39.6 Å². The SMILES string of the molecule is N=[N+]=NCCOCCOCCOCCNC(=O)CON. The van der Waals surface area contributed by atoms with Crippen molar-refractivity contribution >= 4 is 5.91 Å². The van der Waals surface area contributed by atoms with Crippen LogP contribution in [0, 0.1) is 5.53 Å². The fourth-order valence-corrected chi connectivity index (χ4v) is 1.09. The van der Waals surface area contributed by atoms with E-state index in [0.717, 1.165) is 0 Å². The van der Waals surface area contributed by atoms with E-state index >= 15 is 0 Å². The summed E-state index contributed by atoms with van der Waals surface area (Å²) in [4.78, 5) is 17.9. The second-order valence-corrected chi connectivity index (χ2v) is 3.46. The fourth-order valence-electron chi connectivity index (χ4n) is 1.09. The molecule has 0 aromatic heterocycles. The number of nitrogens with two attached hydrogens (primary N) is 1. The van der Waals surface area contributed by atoms with Gasteiger partial charge in [-0.2, -0.15) is 0 Å². The largest absolute Gasteiger partial charge is 0.377 e. The van der Waals surface area contributed by atoms with Crippen molar-refractivity contribution in [2.75, 3.05) is 59.3 Å². The summed E-state index contributed by atoms with van der Waals surface area (Å²) in [6.07, 6.45) is 0. The number of amides is 1. The van der Waals surface area contributed by atoms with E-state index in [9.17, 15) is 4.79 Å². The van der Waals surface area contributed by atoms with Crippen LogP contribution in [-0.4, -0.2) is 65.2 Å². The molecule has 20 heavy (non-hydrogen) atoms. The number of carbonyl (C=O) groups is 1. The quantitative estimate of drug-likeness (QED) is 0.155. The van der Waals surface area contributed by atoms with Crippen LogP contribution in [0.2, 0.25) is 0 Å². The highest BCUT2D eigenvalue weighted by Crippen LogP contribution is 1.81. The van der Waals surface area contributed by atoms with Crippen molar-refractivity contribution in [3.05, 3.63) is 0 Å². The van der Waals surface area contributed by atoms with E-state index in [-0.39, 0.29) is 12.5 Å². The first-order valence-electron chi connectivity index (χ1n) is 6.16. The molecule has 4 N–H and O–H groups in total. The first-order valence-corrected chi connectivity index (χ1v) is 6.16. The minimum absolute atomic E-state index is 0.160. The van der Waals surface area contributed by atoms with Gasteiger partial charge in [-0.25, -0.2) is 5.90 Å². The van der Waals surface area contributed by atoms with Crippen molar-refractivity contribution in [2.45, 2.75) is 0 Å². The number of ether oxygens (including phenoxy) is 3. The van der Waals surface area contributed by atoms with E-state index < -0.39 is 0 Å². The molecule has 116 valence electrons. The average Bonchev–Trinajstić information content (AvgIpc) is 2.44. The molecule has 0 atom stereocenters. The summed E-state index contributed by atoms with van der Waals surface area (Å²) in [5.74, 6) is 4.45. The van der Waals surface area contributed by atoms with Gasteiger partial charge in [0, 0.05) is 6.54 Å². The average molecular weight is 292 g/mol. The highest BCUT2D eigenvalue weighted by atomic mass is 16.6. The smallest absolute Gasteiger partial charge is 0.248 e. The fraction of sp³-hybridized carbons (Fsp3) is 0.900. The normalized spacial score (nSPS) is 10.1. The predicted octanol–water partition coefficient (Wildman–Crippen LogP) is -1.41. The molecule has 0 aromatic rings. The highest BCUT2D eigenvalue weighted by molar-refractivity contribution is 5.77. The second kappa shape index (κ2) is 15.6. The topological polar surface area (TPSA) is 142 Å². The summed E-state index contributed by atoms with van der Waals surface area (Å²) in [6, 6.07) is 0. The molecule has 10 nitrogen and oxygen atoms in total. The van der Waals surface area contributed by atoms with E-state index in [1.54, 1.807) is 0 Å². The maximum absolute atomic E-state index is 10.9. The van der Waals surface area contributed by atoms with Gasteiger partial charge in [-0.15, -0.1) is 0 Å². The second-order valence-electron chi connectivity index (χ2n) is 3.46. The molecule has 0 saturated heterocycles. The zero-order valence-corrected chi connectivity index (χ0v) is 11.4. The number of nitrogens with one attached hydrogen (secondary N) is 2. The number of nitrogens with zero attached hydrogens (tertiary/aromatic N) is 2. The van der Waals surface area contributed by atoms with Crippen LogP contribution >= 0.6 is 0 Å². The van der Waals surface area contributed by atoms with Gasteiger partial charge in [-0.3, -0.25) is 9.63 Å². The molecule has 0 bridgehead atoms. The van der Waals surface area contributed by atoms with Gasteiger partial charge in [-0.05, 0) is 0 Å². The Bertz CT molecular complexity index is 285. The lowest BCUT2D eigenvalue weighted by Crippen LogP contribution is -2.31. The molecule has 0 aliphatic heterocycles. The van der Waals surface area contributed by atoms with E-state index in [1.807, 2.05) is 0 Å². The minimum atomic E-state index is -0.283. The monoisotopic (exact) mass is 292 g/mol. The minimum Gasteiger partial charge on any atom is -0.377 e. The van der Waals surface area contributed by atoms with Crippen LogP contribution in [-0.2, 0) is 23.8 Å². The van der Waals surface area contributed by atoms with Crippen molar-refractivity contribution in [1.29, 1.82) is 5.53 Å². The standard InChI is InChI=1S/C10H21N5O5/c11-15-14-2-4-18-6-8-19-7-5-17-3-1-13-10(16)9-20-12/h11H,1-9,12H2/p+1. The van der Waals surface area contributed by atoms with Crippen LogP contribution in [0.15, 0.2) is 5.11 Å². The van der Waals surface area contributed by atoms with E-state index in [1.165, 1.54) is 0 Å². The summed E-state index contributed by atoms with van der Waals surface area (Å²) in [5.41, 5.74) is 6.42. The molecule has 0 aliphatic carbocycles. The molecule has 0 unspecified atom stereocenters. The van der Waals surface area contributed by atoms with Gasteiger partial charge < -0.3 is 19.5 Å². The summed E-state index contributed by atoms with van der Waals surface area (Å²) >= 11 is 0. The predicted molar refractivity (Wildman–Crippen MR) is 67.8 cm³/mol. The van der Waals surface area contributed by atoms with Crippen molar-refractivity contribution in [2.24, 2.45) is 11.0 Å². The molecule has 0 aromatic carbocycles. The molecular formula is C10H22N5O5+. The Morgan fingerprint density at radius 1 is 1.10 bits per heavy atom. The molecule has 10 heteroatoms. The molecule has 0 aliphatic rings. The number of rotatable bonds is 14. The summed E-state index contributed by atoms with van der Waals surface area (Å²) < 4.78 is 15.6. The van der Waals surface area contributed by atoms with Crippen molar-refractivity contribution < 1.29 is 23.8 Å². The third kappa shape index (κ3) is 14.6. The number of hydrogen-bond acceptors (Lipinski definition) is 8. The number of carbonyl (C=O) groups excluding carboxylic acids is 1. The van der Waals surface area contributed by atoms with Crippen LogP contribution in [0.1, 0.15) is 0 Å². The van der Waals surface area contributed by atoms with E-state index in [4.69, 9.17) is 25.6 Å². The molecule has 0 radical (unpaired) electrons. The van der Waals surface area contributed by atoms with Gasteiger partial charge in [0.2, 0.25) is 10.8 Å². The molecule has 0 rings (SSSR count). The molecule has 0 heterocycles. The maximum Gasteiger partial charge on any atom is 0.248 e. The molecule has 0 fully saturated rings. The van der Waals surface area contributed by atoms with Crippen molar-refractivity contribution in [1.82, 2.24) is 10.2 Å². The third-order valence-electron chi connectivity index (χ3n) is 1.93. The Labute approximate surface area is 117 Å². The van der Waals surface area contributed by atoms with Crippen LogP contribution in [0.25, 0.3) is 0 Å².